The number of aromatic nitrogens is 1. The van der Waals surface area contributed by atoms with Crippen LogP contribution in [-0.4, -0.2) is 18.2 Å². The van der Waals surface area contributed by atoms with E-state index in [1.165, 1.54) is 23.3 Å². The van der Waals surface area contributed by atoms with Gasteiger partial charge in [-0.2, -0.15) is 0 Å². The first-order valence-electron chi connectivity index (χ1n) is 8.25. The van der Waals surface area contributed by atoms with Crippen molar-refractivity contribution in [2.45, 2.75) is 57.8 Å². The van der Waals surface area contributed by atoms with Crippen LogP contribution in [0.15, 0.2) is 24.3 Å². The van der Waals surface area contributed by atoms with Crippen LogP contribution in [0.5, 0.6) is 0 Å². The van der Waals surface area contributed by atoms with Gasteiger partial charge in [0.05, 0.1) is 6.67 Å². The molecule has 1 aromatic rings. The molecule has 0 fully saturated rings. The quantitative estimate of drug-likeness (QED) is 0.519. The highest BCUT2D eigenvalue weighted by Crippen LogP contribution is 2.21. The van der Waals surface area contributed by atoms with Gasteiger partial charge in [0.2, 0.25) is 0 Å². The number of rotatable bonds is 9. The van der Waals surface area contributed by atoms with Gasteiger partial charge in [-0.05, 0) is 69.4 Å². The normalized spacial score (nSPS) is 13.6. The van der Waals surface area contributed by atoms with Crippen molar-refractivity contribution in [3.8, 4) is 0 Å². The third kappa shape index (κ3) is 5.49. The lowest BCUT2D eigenvalue weighted by atomic mass is 10.0. The second-order valence-electron chi connectivity index (χ2n) is 5.94. The predicted molar refractivity (Wildman–Crippen MR) is 87.6 cm³/mol. The number of halogens is 1. The standard InChI is InChI=1S/C18H27FN2/c1-15(8-4-5-13-19)7-2-3-10-17-12-11-16-9-6-14-20-18(16)21-17/h11-12H,1-10,13-14H2,(H,20,21). The fraction of sp³-hybridized carbons (Fsp3) is 0.611. The van der Waals surface area contributed by atoms with E-state index >= 15 is 0 Å². The van der Waals surface area contributed by atoms with Gasteiger partial charge in [0, 0.05) is 12.2 Å². The van der Waals surface area contributed by atoms with Crippen molar-refractivity contribution in [2.24, 2.45) is 0 Å². The van der Waals surface area contributed by atoms with E-state index in [1.807, 2.05) is 0 Å². The van der Waals surface area contributed by atoms with Crippen molar-refractivity contribution in [1.29, 1.82) is 0 Å². The van der Waals surface area contributed by atoms with Crippen LogP contribution < -0.4 is 5.32 Å². The summed E-state index contributed by atoms with van der Waals surface area (Å²) >= 11 is 0. The van der Waals surface area contributed by atoms with Crippen molar-refractivity contribution < 1.29 is 4.39 Å². The van der Waals surface area contributed by atoms with E-state index in [1.54, 1.807) is 0 Å². The zero-order chi connectivity index (χ0) is 14.9. The molecule has 21 heavy (non-hydrogen) atoms. The largest absolute Gasteiger partial charge is 0.370 e. The summed E-state index contributed by atoms with van der Waals surface area (Å²) < 4.78 is 12.0. The summed E-state index contributed by atoms with van der Waals surface area (Å²) in [6, 6.07) is 4.39. The Labute approximate surface area is 127 Å². The molecule has 0 saturated heterocycles. The average molecular weight is 290 g/mol. The number of alkyl halides is 1. The number of fused-ring (bicyclic) bond motifs is 1. The Morgan fingerprint density at radius 3 is 2.81 bits per heavy atom. The fourth-order valence-corrected chi connectivity index (χ4v) is 2.78. The molecule has 0 unspecified atom stereocenters. The molecule has 0 aromatic carbocycles. The topological polar surface area (TPSA) is 24.9 Å². The maximum atomic E-state index is 12.0. The molecule has 3 heteroatoms. The Hall–Kier alpha value is -1.38. The molecule has 1 N–H and O–H groups in total. The van der Waals surface area contributed by atoms with Gasteiger partial charge in [0.25, 0.3) is 0 Å². The van der Waals surface area contributed by atoms with Crippen LogP contribution in [0.4, 0.5) is 10.2 Å². The molecule has 0 bridgehead atoms. The number of pyridine rings is 1. The third-order valence-electron chi connectivity index (χ3n) is 4.08. The number of nitrogens with zero attached hydrogens (tertiary/aromatic N) is 1. The molecule has 0 aliphatic carbocycles. The molecule has 1 aliphatic rings. The minimum Gasteiger partial charge on any atom is -0.370 e. The zero-order valence-corrected chi connectivity index (χ0v) is 13.0. The zero-order valence-electron chi connectivity index (χ0n) is 13.0. The molecule has 2 rings (SSSR count). The molecular formula is C18H27FN2. The van der Waals surface area contributed by atoms with Crippen LogP contribution in [0.2, 0.25) is 0 Å². The second kappa shape index (κ2) is 8.81. The van der Waals surface area contributed by atoms with E-state index < -0.39 is 0 Å². The lowest BCUT2D eigenvalue weighted by molar-refractivity contribution is 0.460. The third-order valence-corrected chi connectivity index (χ3v) is 4.08. The number of allylic oxidation sites excluding steroid dienone is 1. The van der Waals surface area contributed by atoms with Crippen LogP contribution in [0.25, 0.3) is 0 Å². The highest BCUT2D eigenvalue weighted by Gasteiger charge is 2.09. The van der Waals surface area contributed by atoms with E-state index in [9.17, 15) is 4.39 Å². The number of unbranched alkanes of at least 4 members (excludes halogenated alkanes) is 2. The molecule has 0 spiro atoms. The number of hydrogen-bond donors (Lipinski definition) is 1. The summed E-state index contributed by atoms with van der Waals surface area (Å²) in [7, 11) is 0. The SMILES string of the molecule is C=C(CCCCF)CCCCc1ccc2c(n1)NCCC2. The highest BCUT2D eigenvalue weighted by molar-refractivity contribution is 5.46. The van der Waals surface area contributed by atoms with E-state index in [0.29, 0.717) is 6.42 Å². The van der Waals surface area contributed by atoms with Crippen LogP contribution >= 0.6 is 0 Å². The van der Waals surface area contributed by atoms with Gasteiger partial charge in [0.15, 0.2) is 0 Å². The molecule has 1 aliphatic heterocycles. The summed E-state index contributed by atoms with van der Waals surface area (Å²) in [5.41, 5.74) is 3.81. The lowest BCUT2D eigenvalue weighted by Gasteiger charge is -2.17. The Morgan fingerprint density at radius 1 is 1.19 bits per heavy atom. The van der Waals surface area contributed by atoms with E-state index in [4.69, 9.17) is 4.98 Å². The Balaban J connectivity index is 1.65. The molecule has 0 saturated carbocycles. The molecule has 2 nitrogen and oxygen atoms in total. The van der Waals surface area contributed by atoms with Gasteiger partial charge in [-0.3, -0.25) is 4.39 Å². The van der Waals surface area contributed by atoms with Crippen molar-refractivity contribution in [3.63, 3.8) is 0 Å². The second-order valence-corrected chi connectivity index (χ2v) is 5.94. The Morgan fingerprint density at radius 2 is 2.00 bits per heavy atom. The predicted octanol–water partition coefficient (Wildman–Crippen LogP) is 4.85. The fourth-order valence-electron chi connectivity index (χ4n) is 2.78. The van der Waals surface area contributed by atoms with Crippen LogP contribution in [-0.2, 0) is 12.8 Å². The molecular weight excluding hydrogens is 263 g/mol. The minimum atomic E-state index is -0.203. The maximum Gasteiger partial charge on any atom is 0.129 e. The number of nitrogens with one attached hydrogen (secondary N) is 1. The van der Waals surface area contributed by atoms with Crippen molar-refractivity contribution >= 4 is 5.82 Å². The van der Waals surface area contributed by atoms with Crippen molar-refractivity contribution in [2.75, 3.05) is 18.5 Å². The van der Waals surface area contributed by atoms with Gasteiger partial charge in [-0.1, -0.05) is 18.2 Å². The molecule has 0 amide bonds. The van der Waals surface area contributed by atoms with E-state index in [2.05, 4.69) is 24.0 Å². The van der Waals surface area contributed by atoms with Crippen LogP contribution in [0.1, 0.15) is 56.2 Å². The van der Waals surface area contributed by atoms with Crippen molar-refractivity contribution in [3.05, 3.63) is 35.5 Å². The minimum absolute atomic E-state index is 0.203. The van der Waals surface area contributed by atoms with Gasteiger partial charge >= 0.3 is 0 Å². The number of aryl methyl sites for hydroxylation is 2. The van der Waals surface area contributed by atoms with Crippen LogP contribution in [0, 0.1) is 0 Å². The smallest absolute Gasteiger partial charge is 0.129 e. The van der Waals surface area contributed by atoms with Gasteiger partial charge in [-0.25, -0.2) is 4.98 Å². The summed E-state index contributed by atoms with van der Waals surface area (Å²) in [5, 5.41) is 3.38. The Kier molecular flexibility index (Phi) is 6.71. The monoisotopic (exact) mass is 290 g/mol. The first-order chi connectivity index (χ1) is 10.3. The molecule has 116 valence electrons. The Bertz CT molecular complexity index is 457. The number of hydrogen-bond acceptors (Lipinski definition) is 2. The summed E-state index contributed by atoms with van der Waals surface area (Å²) in [6.45, 7) is 4.92. The first-order valence-corrected chi connectivity index (χ1v) is 8.25. The molecule has 0 atom stereocenters. The highest BCUT2D eigenvalue weighted by atomic mass is 19.1. The lowest BCUT2D eigenvalue weighted by Crippen LogP contribution is -2.13. The van der Waals surface area contributed by atoms with E-state index in [0.717, 1.165) is 57.3 Å². The summed E-state index contributed by atoms with van der Waals surface area (Å²) in [5.74, 6) is 1.09. The van der Waals surface area contributed by atoms with Crippen molar-refractivity contribution in [1.82, 2.24) is 4.98 Å². The first kappa shape index (κ1) is 16.0. The molecule has 2 heterocycles. The molecule has 0 radical (unpaired) electrons. The van der Waals surface area contributed by atoms with Gasteiger partial charge in [0.1, 0.15) is 5.82 Å². The summed E-state index contributed by atoms with van der Waals surface area (Å²) in [4.78, 5) is 4.72. The van der Waals surface area contributed by atoms with E-state index in [-0.39, 0.29) is 6.67 Å². The van der Waals surface area contributed by atoms with Gasteiger partial charge in [-0.15, -0.1) is 0 Å². The average Bonchev–Trinajstić information content (AvgIpc) is 2.52. The maximum absolute atomic E-state index is 12.0. The van der Waals surface area contributed by atoms with Gasteiger partial charge < -0.3 is 5.32 Å². The van der Waals surface area contributed by atoms with Crippen LogP contribution in [0.3, 0.4) is 0 Å². The number of anilines is 1. The molecule has 1 aromatic heterocycles. The summed E-state index contributed by atoms with van der Waals surface area (Å²) in [6.07, 6.45) is 9.34.